The highest BCUT2D eigenvalue weighted by Gasteiger charge is 2.57. The van der Waals surface area contributed by atoms with Crippen LogP contribution < -0.4 is 10.1 Å². The van der Waals surface area contributed by atoms with Gasteiger partial charge < -0.3 is 15.2 Å². The van der Waals surface area contributed by atoms with E-state index in [0.29, 0.717) is 0 Å². The second kappa shape index (κ2) is 7.02. The van der Waals surface area contributed by atoms with Gasteiger partial charge in [-0.25, -0.2) is 0 Å². The molecule has 0 unspecified atom stereocenters. The Morgan fingerprint density at radius 3 is 2.37 bits per heavy atom. The largest absolute Gasteiger partial charge is 0.495 e. The molecule has 144 valence electrons. The number of rotatable bonds is 5. The molecule has 0 aromatic heterocycles. The molecule has 4 atom stereocenters. The van der Waals surface area contributed by atoms with Crippen molar-refractivity contribution in [2.45, 2.75) is 26.7 Å². The van der Waals surface area contributed by atoms with Crippen LogP contribution in [0.4, 0.5) is 11.4 Å². The number of benzene rings is 1. The fourth-order valence-electron chi connectivity index (χ4n) is 4.73. The molecule has 0 radical (unpaired) electrons. The highest BCUT2D eigenvalue weighted by Crippen LogP contribution is 2.57. The molecular weight excluding hydrogens is 352 g/mol. The van der Waals surface area contributed by atoms with Gasteiger partial charge in [0.1, 0.15) is 5.75 Å². The van der Waals surface area contributed by atoms with Crippen molar-refractivity contribution >= 4 is 23.3 Å². The minimum Gasteiger partial charge on any atom is -0.495 e. The number of carbonyl (C=O) groups is 2. The van der Waals surface area contributed by atoms with E-state index in [4.69, 9.17) is 4.74 Å². The number of aliphatic carboxylic acids is 1. The minimum atomic E-state index is -0.980. The summed E-state index contributed by atoms with van der Waals surface area (Å²) in [6.45, 7) is 3.90. The van der Waals surface area contributed by atoms with Crippen molar-refractivity contribution in [3.05, 3.63) is 39.5 Å². The molecule has 2 N–H and O–H groups in total. The first-order valence-corrected chi connectivity index (χ1v) is 8.79. The van der Waals surface area contributed by atoms with E-state index in [9.17, 15) is 24.8 Å². The fourth-order valence-corrected chi connectivity index (χ4v) is 4.73. The van der Waals surface area contributed by atoms with Crippen molar-refractivity contribution in [3.63, 3.8) is 0 Å². The number of nitro groups is 1. The van der Waals surface area contributed by atoms with Crippen molar-refractivity contribution in [3.8, 4) is 5.75 Å². The van der Waals surface area contributed by atoms with Gasteiger partial charge in [-0.2, -0.15) is 0 Å². The molecule has 8 heteroatoms. The Morgan fingerprint density at radius 2 is 1.85 bits per heavy atom. The van der Waals surface area contributed by atoms with E-state index in [1.54, 1.807) is 0 Å². The summed E-state index contributed by atoms with van der Waals surface area (Å²) in [5, 5.41) is 23.4. The first-order chi connectivity index (χ1) is 12.8. The van der Waals surface area contributed by atoms with Crippen molar-refractivity contribution in [1.29, 1.82) is 0 Å². The lowest BCUT2D eigenvalue weighted by atomic mass is 9.78. The number of hydrogen-bond acceptors (Lipinski definition) is 5. The Labute approximate surface area is 156 Å². The summed E-state index contributed by atoms with van der Waals surface area (Å²) in [6, 6.07) is 3.92. The standard InChI is InChI=1S/C19H22N2O6/c1-9(2)15-11-5-6-12(15)17(19(23)24)16(11)18(22)20-13-8-10(21(25)26)4-7-14(13)27-3/h4,7-8,11-12,16-17H,5-6H2,1-3H3,(H,20,22)(H,23,24)/t11-,12+,16+,17-/m0/s1. The number of allylic oxidation sites excluding steroid dienone is 2. The average molecular weight is 374 g/mol. The maximum absolute atomic E-state index is 13.0. The van der Waals surface area contributed by atoms with Crippen LogP contribution in [0.1, 0.15) is 26.7 Å². The predicted octanol–water partition coefficient (Wildman–Crippen LogP) is 3.24. The van der Waals surface area contributed by atoms with Gasteiger partial charge in [0.25, 0.3) is 5.69 Å². The molecule has 1 aromatic rings. The maximum atomic E-state index is 13.0. The van der Waals surface area contributed by atoms with Gasteiger partial charge >= 0.3 is 5.97 Å². The molecule has 1 amide bonds. The number of carboxylic acid groups (broad SMARTS) is 1. The van der Waals surface area contributed by atoms with Crippen LogP contribution in [0.3, 0.4) is 0 Å². The minimum absolute atomic E-state index is 0.106. The topological polar surface area (TPSA) is 119 Å². The van der Waals surface area contributed by atoms with Crippen LogP contribution in [-0.4, -0.2) is 29.0 Å². The van der Waals surface area contributed by atoms with Gasteiger partial charge in [0.2, 0.25) is 5.91 Å². The summed E-state index contributed by atoms with van der Waals surface area (Å²) in [5.41, 5.74) is 2.13. The van der Waals surface area contributed by atoms with E-state index in [0.717, 1.165) is 24.0 Å². The quantitative estimate of drug-likeness (QED) is 0.464. The van der Waals surface area contributed by atoms with Gasteiger partial charge in [0.15, 0.2) is 0 Å². The molecule has 2 bridgehead atoms. The number of ether oxygens (including phenoxy) is 1. The summed E-state index contributed by atoms with van der Waals surface area (Å²) in [7, 11) is 1.40. The Kier molecular flexibility index (Phi) is 4.91. The lowest BCUT2D eigenvalue weighted by molar-refractivity contribution is -0.384. The number of nitrogens with one attached hydrogen (secondary N) is 1. The van der Waals surface area contributed by atoms with Crippen LogP contribution in [-0.2, 0) is 9.59 Å². The normalized spacial score (nSPS) is 26.0. The lowest BCUT2D eigenvalue weighted by Crippen LogP contribution is -2.37. The van der Waals surface area contributed by atoms with Gasteiger partial charge in [-0.1, -0.05) is 11.1 Å². The molecule has 2 fully saturated rings. The number of fused-ring (bicyclic) bond motifs is 2. The molecule has 27 heavy (non-hydrogen) atoms. The zero-order chi connectivity index (χ0) is 19.9. The Balaban J connectivity index is 1.94. The van der Waals surface area contributed by atoms with E-state index in [-0.39, 0.29) is 29.0 Å². The first kappa shape index (κ1) is 18.9. The van der Waals surface area contributed by atoms with Crippen LogP contribution >= 0.6 is 0 Å². The summed E-state index contributed by atoms with van der Waals surface area (Å²) in [4.78, 5) is 35.4. The van der Waals surface area contributed by atoms with E-state index in [1.807, 2.05) is 13.8 Å². The number of nitro benzene ring substituents is 1. The van der Waals surface area contributed by atoms with E-state index < -0.39 is 28.6 Å². The highest BCUT2D eigenvalue weighted by atomic mass is 16.6. The molecule has 0 aliphatic heterocycles. The number of carboxylic acids is 1. The molecule has 1 aromatic carbocycles. The first-order valence-electron chi connectivity index (χ1n) is 8.79. The molecule has 0 spiro atoms. The van der Waals surface area contributed by atoms with E-state index in [1.165, 1.54) is 25.3 Å². The monoisotopic (exact) mass is 374 g/mol. The Hall–Kier alpha value is -2.90. The zero-order valence-electron chi connectivity index (χ0n) is 15.4. The molecule has 0 heterocycles. The number of non-ortho nitro benzene ring substituents is 1. The van der Waals surface area contributed by atoms with E-state index in [2.05, 4.69) is 5.32 Å². The number of amides is 1. The Morgan fingerprint density at radius 1 is 1.22 bits per heavy atom. The third-order valence-corrected chi connectivity index (χ3v) is 5.66. The van der Waals surface area contributed by atoms with Crippen LogP contribution in [0.15, 0.2) is 29.3 Å². The van der Waals surface area contributed by atoms with Gasteiger partial charge in [0, 0.05) is 12.1 Å². The van der Waals surface area contributed by atoms with Crippen molar-refractivity contribution in [2.75, 3.05) is 12.4 Å². The SMILES string of the molecule is COc1ccc([N+](=O)[O-])cc1NC(=O)[C@H]1[C@@H](C(=O)O)[C@@H]2CC[C@H]1C2=C(C)C. The summed E-state index contributed by atoms with van der Waals surface area (Å²) >= 11 is 0. The molecule has 2 aliphatic rings. The molecular formula is C19H22N2O6. The van der Waals surface area contributed by atoms with Gasteiger partial charge in [-0.05, 0) is 44.6 Å². The summed E-state index contributed by atoms with van der Waals surface area (Å²) in [6.07, 6.45) is 1.55. The highest BCUT2D eigenvalue weighted by molar-refractivity contribution is 5.98. The zero-order valence-corrected chi connectivity index (χ0v) is 15.4. The van der Waals surface area contributed by atoms with Crippen molar-refractivity contribution in [1.82, 2.24) is 0 Å². The summed E-state index contributed by atoms with van der Waals surface area (Å²) in [5.74, 6) is -2.84. The van der Waals surface area contributed by atoms with Gasteiger partial charge in [-0.15, -0.1) is 0 Å². The van der Waals surface area contributed by atoms with Crippen LogP contribution in [0, 0.1) is 33.8 Å². The molecule has 0 saturated heterocycles. The second-order valence-corrected chi connectivity index (χ2v) is 7.27. The third-order valence-electron chi connectivity index (χ3n) is 5.66. The van der Waals surface area contributed by atoms with Gasteiger partial charge in [0.05, 0.1) is 29.6 Å². The van der Waals surface area contributed by atoms with Crippen molar-refractivity contribution in [2.24, 2.45) is 23.7 Å². The number of anilines is 1. The van der Waals surface area contributed by atoms with E-state index >= 15 is 0 Å². The average Bonchev–Trinajstić information content (AvgIpc) is 3.17. The second-order valence-electron chi connectivity index (χ2n) is 7.27. The van der Waals surface area contributed by atoms with Crippen LogP contribution in [0.2, 0.25) is 0 Å². The smallest absolute Gasteiger partial charge is 0.307 e. The number of hydrogen-bond donors (Lipinski definition) is 2. The Bertz CT molecular complexity index is 843. The molecule has 8 nitrogen and oxygen atoms in total. The molecule has 2 saturated carbocycles. The van der Waals surface area contributed by atoms with Crippen LogP contribution in [0.5, 0.6) is 5.75 Å². The third kappa shape index (κ3) is 3.15. The van der Waals surface area contributed by atoms with Gasteiger partial charge in [-0.3, -0.25) is 19.7 Å². The predicted molar refractivity (Wildman–Crippen MR) is 97.5 cm³/mol. The number of nitrogens with zero attached hydrogens (tertiary/aromatic N) is 1. The molecule has 2 aliphatic carbocycles. The number of carbonyl (C=O) groups excluding carboxylic acids is 1. The molecule has 3 rings (SSSR count). The summed E-state index contributed by atoms with van der Waals surface area (Å²) < 4.78 is 5.18. The number of methoxy groups -OCH3 is 1. The fraction of sp³-hybridized carbons (Fsp3) is 0.474. The van der Waals surface area contributed by atoms with Crippen molar-refractivity contribution < 1.29 is 24.4 Å². The maximum Gasteiger partial charge on any atom is 0.307 e. The van der Waals surface area contributed by atoms with Crippen LogP contribution in [0.25, 0.3) is 0 Å². The lowest BCUT2D eigenvalue weighted by Gasteiger charge is -2.26.